The van der Waals surface area contributed by atoms with Crippen LogP contribution in [-0.2, 0) is 44.7 Å². The van der Waals surface area contributed by atoms with Gasteiger partial charge in [0, 0.05) is 88.0 Å². The highest BCUT2D eigenvalue weighted by molar-refractivity contribution is 7.13. The molecule has 21 nitrogen and oxygen atoms in total. The Morgan fingerprint density at radius 3 is 2.21 bits per heavy atom. The van der Waals surface area contributed by atoms with E-state index in [1.54, 1.807) is 29.5 Å². The van der Waals surface area contributed by atoms with Crippen molar-refractivity contribution in [3.63, 3.8) is 0 Å². The first-order valence-corrected chi connectivity index (χ1v) is 31.4. The summed E-state index contributed by atoms with van der Waals surface area (Å²) in [6.07, 6.45) is 5.70. The number of hydrogen-bond acceptors (Lipinski definition) is 18. The number of aliphatic hydroxyl groups is 1. The lowest BCUT2D eigenvalue weighted by molar-refractivity contribution is -0.134. The van der Waals surface area contributed by atoms with Gasteiger partial charge in [-0.25, -0.2) is 19.3 Å². The van der Waals surface area contributed by atoms with Crippen molar-refractivity contribution in [2.45, 2.75) is 97.0 Å². The lowest BCUT2D eigenvalue weighted by Crippen LogP contribution is -2.54. The number of likely N-dealkylation sites (tertiary alicyclic amines) is 2. The van der Waals surface area contributed by atoms with E-state index in [0.717, 1.165) is 73.7 Å². The minimum absolute atomic E-state index is 0.0246. The molecule has 0 unspecified atom stereocenters. The number of thiazole rings is 1. The summed E-state index contributed by atoms with van der Waals surface area (Å²) in [5.41, 5.74) is 6.16. The number of carbonyl (C=O) groups excluding carboxylic acids is 4. The monoisotopic (exact) mass is 1240 g/mol. The van der Waals surface area contributed by atoms with Crippen LogP contribution in [0, 0.1) is 18.2 Å². The zero-order chi connectivity index (χ0) is 61.7. The van der Waals surface area contributed by atoms with Crippen molar-refractivity contribution in [2.24, 2.45) is 5.41 Å². The van der Waals surface area contributed by atoms with Gasteiger partial charge in [0.05, 0.1) is 110 Å². The second kappa shape index (κ2) is 33.4. The third-order valence-corrected chi connectivity index (χ3v) is 17.2. The number of fused-ring (bicyclic) bond motifs is 1. The molecule has 87 heavy (non-hydrogen) atoms. The fourth-order valence-electron chi connectivity index (χ4n) is 10.9. The summed E-state index contributed by atoms with van der Waals surface area (Å²) >= 11 is 7.60. The molecule has 8 rings (SSSR count). The second-order valence-electron chi connectivity index (χ2n) is 23.2. The van der Waals surface area contributed by atoms with Gasteiger partial charge in [-0.2, -0.15) is 0 Å². The van der Waals surface area contributed by atoms with Gasteiger partial charge < -0.3 is 59.9 Å². The SMILES string of the molecule is C=CC(=O)Nc1cc2c(Nc3ccc(F)c(Cl)c3)ncnc2cc1OCCCN1CCC(N2CCN(C(=O)CCOCCOCCOCCOCCC(=O)N[C@H](CN3C[C@H](O)C[C@H]3C(=O)NCc3ccc(-c4scnc4C)cc3)C(C)(C)C)CC2)CC1. The molecular formula is C63H85ClFN11O10S. The van der Waals surface area contributed by atoms with Crippen LogP contribution in [0.4, 0.5) is 21.6 Å². The summed E-state index contributed by atoms with van der Waals surface area (Å²) in [6.45, 7) is 22.0. The summed E-state index contributed by atoms with van der Waals surface area (Å²) in [5, 5.41) is 23.4. The van der Waals surface area contributed by atoms with Crippen molar-refractivity contribution >= 4 is 74.7 Å². The number of ether oxygens (including phenoxy) is 5. The van der Waals surface area contributed by atoms with Crippen molar-refractivity contribution in [3.8, 4) is 16.2 Å². The molecule has 0 saturated carbocycles. The topological polar surface area (TPSA) is 234 Å². The first-order valence-electron chi connectivity index (χ1n) is 30.1. The molecule has 0 spiro atoms. The number of carbonyl (C=O) groups is 4. The number of nitrogens with one attached hydrogen (secondary N) is 4. The number of rotatable bonds is 32. The van der Waals surface area contributed by atoms with E-state index in [4.69, 9.17) is 35.3 Å². The summed E-state index contributed by atoms with van der Waals surface area (Å²) in [4.78, 5) is 75.2. The van der Waals surface area contributed by atoms with Crippen LogP contribution in [0.3, 0.4) is 0 Å². The van der Waals surface area contributed by atoms with Crippen LogP contribution in [0.1, 0.15) is 70.6 Å². The third-order valence-electron chi connectivity index (χ3n) is 15.9. The lowest BCUT2D eigenvalue weighted by Gasteiger charge is -2.42. The van der Waals surface area contributed by atoms with Crippen molar-refractivity contribution < 1.29 is 52.4 Å². The van der Waals surface area contributed by atoms with Crippen LogP contribution in [-0.4, -0.2) is 206 Å². The number of aromatic nitrogens is 3. The number of halogens is 2. The van der Waals surface area contributed by atoms with Crippen LogP contribution in [0.25, 0.3) is 21.3 Å². The highest BCUT2D eigenvalue weighted by Gasteiger charge is 2.39. The molecular weight excluding hydrogens is 1160 g/mol. The molecule has 5 N–H and O–H groups in total. The summed E-state index contributed by atoms with van der Waals surface area (Å²) in [7, 11) is 0. The normalized spacial score (nSPS) is 17.5. The van der Waals surface area contributed by atoms with Crippen molar-refractivity contribution in [1.82, 2.24) is 45.2 Å². The van der Waals surface area contributed by atoms with E-state index < -0.39 is 23.9 Å². The minimum atomic E-state index is -0.637. The van der Waals surface area contributed by atoms with Gasteiger partial charge in [0.25, 0.3) is 0 Å². The van der Waals surface area contributed by atoms with Crippen LogP contribution in [0.5, 0.6) is 5.75 Å². The molecule has 3 aromatic carbocycles. The molecule has 3 aliphatic rings. The maximum Gasteiger partial charge on any atom is 0.247 e. The van der Waals surface area contributed by atoms with Gasteiger partial charge in [0.15, 0.2) is 0 Å². The molecule has 3 atom stereocenters. The molecule has 0 radical (unpaired) electrons. The molecule has 5 aromatic rings. The maximum absolute atomic E-state index is 13.8. The van der Waals surface area contributed by atoms with E-state index >= 15 is 0 Å². The summed E-state index contributed by atoms with van der Waals surface area (Å²) in [5.74, 6) is -0.191. The maximum atomic E-state index is 13.8. The molecule has 4 amide bonds. The largest absolute Gasteiger partial charge is 0.491 e. The third kappa shape index (κ3) is 20.4. The predicted molar refractivity (Wildman–Crippen MR) is 335 cm³/mol. The number of piperidine rings is 1. The predicted octanol–water partition coefficient (Wildman–Crippen LogP) is 7.23. The summed E-state index contributed by atoms with van der Waals surface area (Å²) < 4.78 is 42.7. The number of piperazine rings is 1. The average molecular weight is 1240 g/mol. The van der Waals surface area contributed by atoms with Crippen LogP contribution in [0.15, 0.2) is 79.1 Å². The van der Waals surface area contributed by atoms with Crippen molar-refractivity contribution in [3.05, 3.63) is 101 Å². The zero-order valence-corrected chi connectivity index (χ0v) is 52.1. The molecule has 0 aliphatic carbocycles. The molecule has 5 heterocycles. The van der Waals surface area contributed by atoms with Crippen LogP contribution < -0.4 is 26.0 Å². The van der Waals surface area contributed by atoms with Gasteiger partial charge in [-0.1, -0.05) is 63.2 Å². The quantitative estimate of drug-likeness (QED) is 0.0211. The van der Waals surface area contributed by atoms with Gasteiger partial charge in [-0.15, -0.1) is 11.3 Å². The molecule has 24 heteroatoms. The Labute approximate surface area is 518 Å². The molecule has 3 aliphatic heterocycles. The van der Waals surface area contributed by atoms with Gasteiger partial charge in [-0.3, -0.25) is 29.0 Å². The Hall–Kier alpha value is -6.25. The summed E-state index contributed by atoms with van der Waals surface area (Å²) in [6, 6.07) is 15.6. The number of anilines is 3. The van der Waals surface area contributed by atoms with Crippen LogP contribution in [0.2, 0.25) is 5.02 Å². The Bertz CT molecular complexity index is 3050. The smallest absolute Gasteiger partial charge is 0.247 e. The average Bonchev–Trinajstić information content (AvgIpc) is 2.39. The van der Waals surface area contributed by atoms with E-state index in [1.807, 2.05) is 46.5 Å². The number of aliphatic hydroxyl groups excluding tert-OH is 1. The molecule has 0 bridgehead atoms. The number of β-amino-alcohol motifs (C(OH)–C–C–N with tert-alkyl or cyclic N) is 1. The van der Waals surface area contributed by atoms with E-state index in [-0.39, 0.29) is 47.2 Å². The van der Waals surface area contributed by atoms with E-state index in [1.165, 1.54) is 24.5 Å². The number of aryl methyl sites for hydroxylation is 1. The van der Waals surface area contributed by atoms with E-state index in [9.17, 15) is 28.7 Å². The van der Waals surface area contributed by atoms with Gasteiger partial charge in [0.1, 0.15) is 23.7 Å². The molecule has 3 fully saturated rings. The van der Waals surface area contributed by atoms with Crippen LogP contribution >= 0.6 is 22.9 Å². The van der Waals surface area contributed by atoms with Gasteiger partial charge in [0.2, 0.25) is 23.6 Å². The van der Waals surface area contributed by atoms with Crippen molar-refractivity contribution in [2.75, 3.05) is 129 Å². The lowest BCUT2D eigenvalue weighted by atomic mass is 9.86. The standard InChI is InChI=1S/C63H85ClFN11O10S/c1-6-57(78)71-53-36-49-52(67-41-68-61(49)70-46-12-13-51(65)50(64)34-46)37-55(53)86-25-7-18-73-19-14-47(15-20-73)74-21-23-75(24-22-74)59(80)17-27-83-29-31-85-33-32-84-30-28-82-26-16-58(79)72-56(63(3,4)5)40-76-39-48(77)35-54(76)62(81)66-38-44-8-10-45(11-9-44)60-43(2)69-42-87-60/h6,8-13,34,36-37,41-42,47-48,54,56,77H,1,7,14-33,35,38-40H2,2-5H3,(H,66,81)(H,71,78)(H,72,79)(H,67,68,70)/t48-,54+,56-/m1/s1. The highest BCUT2D eigenvalue weighted by Crippen LogP contribution is 2.35. The van der Waals surface area contributed by atoms with E-state index in [0.29, 0.717) is 138 Å². The molecule has 472 valence electrons. The number of hydrogen-bond donors (Lipinski definition) is 5. The Kier molecular flexibility index (Phi) is 25.6. The number of nitrogens with zero attached hydrogens (tertiary/aromatic N) is 7. The Morgan fingerprint density at radius 2 is 1.55 bits per heavy atom. The van der Waals surface area contributed by atoms with E-state index in [2.05, 4.69) is 73.4 Å². The minimum Gasteiger partial charge on any atom is -0.491 e. The number of benzene rings is 3. The highest BCUT2D eigenvalue weighted by atomic mass is 35.5. The van der Waals surface area contributed by atoms with Gasteiger partial charge >= 0.3 is 0 Å². The Morgan fingerprint density at radius 1 is 0.862 bits per heavy atom. The molecule has 2 aromatic heterocycles. The Balaban J connectivity index is 0.615. The fourth-order valence-corrected chi connectivity index (χ4v) is 11.9. The zero-order valence-electron chi connectivity index (χ0n) is 50.5. The van der Waals surface area contributed by atoms with Crippen molar-refractivity contribution in [1.29, 1.82) is 0 Å². The fraction of sp³-hybridized carbons (Fsp3) is 0.540. The number of amides is 4. The first-order chi connectivity index (χ1) is 42.0. The first kappa shape index (κ1) is 66.7. The molecule has 3 saturated heterocycles. The second-order valence-corrected chi connectivity index (χ2v) is 24.5. The van der Waals surface area contributed by atoms with Gasteiger partial charge in [-0.05, 0) is 92.6 Å².